The topological polar surface area (TPSA) is 37.4 Å². The largest absolute Gasteiger partial charge is 0.373 e. The molecule has 0 unspecified atom stereocenters. The quantitative estimate of drug-likeness (QED) is 0.658. The number of rotatable bonds is 2. The summed E-state index contributed by atoms with van der Waals surface area (Å²) >= 11 is 0. The van der Waals surface area contributed by atoms with Gasteiger partial charge in [0.25, 0.3) is 0 Å². The molecule has 0 atom stereocenters. The van der Waals surface area contributed by atoms with Gasteiger partial charge in [-0.2, -0.15) is 0 Å². The lowest BCUT2D eigenvalue weighted by Gasteiger charge is -2.14. The Hall–Kier alpha value is -1.64. The van der Waals surface area contributed by atoms with Crippen molar-refractivity contribution in [2.45, 2.75) is 6.42 Å². The molecule has 1 heterocycles. The average Bonchev–Trinajstić information content (AvgIpc) is 2.59. The van der Waals surface area contributed by atoms with Gasteiger partial charge in [0.15, 0.2) is 6.29 Å². The fourth-order valence-electron chi connectivity index (χ4n) is 1.96. The van der Waals surface area contributed by atoms with Crippen LogP contribution in [-0.4, -0.2) is 26.2 Å². The highest BCUT2D eigenvalue weighted by Gasteiger charge is 2.19. The maximum atomic E-state index is 10.8. The normalized spacial score (nSPS) is 13.9. The van der Waals surface area contributed by atoms with Crippen molar-refractivity contribution in [2.24, 2.45) is 0 Å². The molecule has 3 heteroatoms. The van der Waals surface area contributed by atoms with Gasteiger partial charge in [-0.05, 0) is 24.1 Å². The molecule has 2 rings (SSSR count). The second-order valence-corrected chi connectivity index (χ2v) is 3.53. The highest BCUT2D eigenvalue weighted by Crippen LogP contribution is 2.30. The Morgan fingerprint density at radius 3 is 2.71 bits per heavy atom. The summed E-state index contributed by atoms with van der Waals surface area (Å²) in [6.07, 6.45) is 2.51. The number of aldehydes is 2. The van der Waals surface area contributed by atoms with E-state index in [1.165, 1.54) is 0 Å². The molecule has 14 heavy (non-hydrogen) atoms. The van der Waals surface area contributed by atoms with Gasteiger partial charge in [-0.1, -0.05) is 0 Å². The van der Waals surface area contributed by atoms with Gasteiger partial charge in [0, 0.05) is 24.7 Å². The van der Waals surface area contributed by atoms with Crippen molar-refractivity contribution < 1.29 is 9.59 Å². The highest BCUT2D eigenvalue weighted by molar-refractivity contribution is 5.91. The van der Waals surface area contributed by atoms with Gasteiger partial charge in [0.2, 0.25) is 0 Å². The molecule has 0 saturated heterocycles. The molecule has 3 nitrogen and oxygen atoms in total. The molecule has 1 aromatic rings. The molecule has 0 radical (unpaired) electrons. The Morgan fingerprint density at radius 2 is 2.07 bits per heavy atom. The lowest BCUT2D eigenvalue weighted by atomic mass is 10.0. The van der Waals surface area contributed by atoms with Crippen LogP contribution in [0.25, 0.3) is 0 Å². The third kappa shape index (κ3) is 1.21. The van der Waals surface area contributed by atoms with Crippen molar-refractivity contribution in [1.82, 2.24) is 0 Å². The monoisotopic (exact) mass is 189 g/mol. The summed E-state index contributed by atoms with van der Waals surface area (Å²) < 4.78 is 0. The first kappa shape index (κ1) is 8.94. The number of hydrogen-bond donors (Lipinski definition) is 0. The van der Waals surface area contributed by atoms with E-state index in [-0.39, 0.29) is 0 Å². The van der Waals surface area contributed by atoms with Gasteiger partial charge in [0.05, 0.1) is 5.69 Å². The standard InChI is InChI=1S/C11H11NO2/c1-12-3-2-9-4-8(6-13)5-10(7-14)11(9)12/h4-7H,2-3H2,1H3. The third-order valence-corrected chi connectivity index (χ3v) is 2.60. The van der Waals surface area contributed by atoms with Crippen molar-refractivity contribution in [3.8, 4) is 0 Å². The summed E-state index contributed by atoms with van der Waals surface area (Å²) in [6.45, 7) is 0.915. The van der Waals surface area contributed by atoms with Gasteiger partial charge in [-0.3, -0.25) is 9.59 Å². The number of likely N-dealkylation sites (N-methyl/N-ethyl adjacent to an activating group) is 1. The molecular weight excluding hydrogens is 178 g/mol. The van der Waals surface area contributed by atoms with Crippen molar-refractivity contribution >= 4 is 18.3 Å². The molecule has 0 bridgehead atoms. The van der Waals surface area contributed by atoms with Gasteiger partial charge >= 0.3 is 0 Å². The summed E-state index contributed by atoms with van der Waals surface area (Å²) in [5, 5.41) is 0. The van der Waals surface area contributed by atoms with Crippen LogP contribution in [0.15, 0.2) is 12.1 Å². The lowest BCUT2D eigenvalue weighted by Crippen LogP contribution is -2.14. The van der Waals surface area contributed by atoms with Crippen LogP contribution in [0.4, 0.5) is 5.69 Å². The first-order valence-corrected chi connectivity index (χ1v) is 4.54. The Bertz CT molecular complexity index is 399. The number of hydrogen-bond acceptors (Lipinski definition) is 3. The van der Waals surface area contributed by atoms with E-state index in [2.05, 4.69) is 0 Å². The van der Waals surface area contributed by atoms with E-state index in [1.807, 2.05) is 18.0 Å². The SMILES string of the molecule is CN1CCc2cc(C=O)cc(C=O)c21. The van der Waals surface area contributed by atoms with Crippen LogP contribution in [0.1, 0.15) is 26.3 Å². The number of carbonyl (C=O) groups is 2. The van der Waals surface area contributed by atoms with Crippen LogP contribution in [0.2, 0.25) is 0 Å². The van der Waals surface area contributed by atoms with Crippen LogP contribution in [0.5, 0.6) is 0 Å². The fourth-order valence-corrected chi connectivity index (χ4v) is 1.96. The second-order valence-electron chi connectivity index (χ2n) is 3.53. The van der Waals surface area contributed by atoms with Crippen molar-refractivity contribution in [1.29, 1.82) is 0 Å². The molecule has 0 amide bonds. The van der Waals surface area contributed by atoms with Crippen LogP contribution in [0.3, 0.4) is 0 Å². The minimum absolute atomic E-state index is 0.584. The molecule has 0 fully saturated rings. The van der Waals surface area contributed by atoms with E-state index in [9.17, 15) is 9.59 Å². The molecule has 0 saturated carbocycles. The van der Waals surface area contributed by atoms with Gasteiger partial charge < -0.3 is 4.90 Å². The van der Waals surface area contributed by atoms with Crippen molar-refractivity contribution in [3.63, 3.8) is 0 Å². The maximum absolute atomic E-state index is 10.8. The number of anilines is 1. The Labute approximate surface area is 82.3 Å². The van der Waals surface area contributed by atoms with E-state index < -0.39 is 0 Å². The zero-order valence-electron chi connectivity index (χ0n) is 7.99. The van der Waals surface area contributed by atoms with Gasteiger partial charge in [-0.15, -0.1) is 0 Å². The van der Waals surface area contributed by atoms with E-state index >= 15 is 0 Å². The first-order chi connectivity index (χ1) is 6.76. The Balaban J connectivity index is 2.63. The predicted molar refractivity (Wildman–Crippen MR) is 54.2 cm³/mol. The smallest absolute Gasteiger partial charge is 0.152 e. The number of carbonyl (C=O) groups excluding carboxylic acids is 2. The van der Waals surface area contributed by atoms with Crippen LogP contribution < -0.4 is 4.90 Å². The van der Waals surface area contributed by atoms with E-state index in [0.717, 1.165) is 36.8 Å². The first-order valence-electron chi connectivity index (χ1n) is 4.54. The van der Waals surface area contributed by atoms with Crippen LogP contribution >= 0.6 is 0 Å². The van der Waals surface area contributed by atoms with Gasteiger partial charge in [0.1, 0.15) is 6.29 Å². The second kappa shape index (κ2) is 3.25. The third-order valence-electron chi connectivity index (χ3n) is 2.60. The number of benzene rings is 1. The minimum Gasteiger partial charge on any atom is -0.373 e. The molecule has 1 aliphatic heterocycles. The van der Waals surface area contributed by atoms with Crippen LogP contribution in [-0.2, 0) is 6.42 Å². The van der Waals surface area contributed by atoms with Gasteiger partial charge in [-0.25, -0.2) is 0 Å². The molecule has 0 spiro atoms. The zero-order valence-corrected chi connectivity index (χ0v) is 7.99. The molecule has 0 aromatic heterocycles. The highest BCUT2D eigenvalue weighted by atomic mass is 16.1. The summed E-state index contributed by atoms with van der Waals surface area (Å²) in [5.74, 6) is 0. The molecular formula is C11H11NO2. The average molecular weight is 189 g/mol. The lowest BCUT2D eigenvalue weighted by molar-refractivity contribution is 0.112. The summed E-state index contributed by atoms with van der Waals surface area (Å²) in [5.41, 5.74) is 3.27. The molecule has 1 aliphatic rings. The van der Waals surface area contributed by atoms with Crippen LogP contribution in [0, 0.1) is 0 Å². The van der Waals surface area contributed by atoms with E-state index in [4.69, 9.17) is 0 Å². The van der Waals surface area contributed by atoms with E-state index in [1.54, 1.807) is 6.07 Å². The minimum atomic E-state index is 0.584. The Morgan fingerprint density at radius 1 is 1.29 bits per heavy atom. The molecule has 0 aliphatic carbocycles. The Kier molecular flexibility index (Phi) is 2.08. The summed E-state index contributed by atoms with van der Waals surface area (Å²) in [6, 6.07) is 3.50. The number of nitrogens with zero attached hydrogens (tertiary/aromatic N) is 1. The van der Waals surface area contributed by atoms with E-state index in [0.29, 0.717) is 11.1 Å². The summed E-state index contributed by atoms with van der Waals surface area (Å²) in [7, 11) is 1.96. The molecule has 72 valence electrons. The van der Waals surface area contributed by atoms with Crippen molar-refractivity contribution in [2.75, 3.05) is 18.5 Å². The van der Waals surface area contributed by atoms with Crippen molar-refractivity contribution in [3.05, 3.63) is 28.8 Å². The maximum Gasteiger partial charge on any atom is 0.152 e. The summed E-state index contributed by atoms with van der Waals surface area (Å²) in [4.78, 5) is 23.5. The fraction of sp³-hybridized carbons (Fsp3) is 0.273. The molecule has 1 aromatic carbocycles. The predicted octanol–water partition coefficient (Wildman–Crippen LogP) is 1.30. The number of fused-ring (bicyclic) bond motifs is 1. The molecule has 0 N–H and O–H groups in total. The zero-order chi connectivity index (χ0) is 10.1.